The Kier molecular flexibility index (Phi) is 6.91. The Balaban J connectivity index is 0.00000220. The first-order valence-corrected chi connectivity index (χ1v) is 6.65. The van der Waals surface area contributed by atoms with E-state index in [4.69, 9.17) is 10.2 Å². The molecule has 1 aromatic carbocycles. The molecule has 1 amide bonds. The third kappa shape index (κ3) is 4.58. The van der Waals surface area contributed by atoms with Crippen molar-refractivity contribution >= 4 is 18.3 Å². The minimum Gasteiger partial charge on any atom is -0.448 e. The Morgan fingerprint density at radius 2 is 2.05 bits per heavy atom. The lowest BCUT2D eigenvalue weighted by Crippen LogP contribution is -2.33. The number of nitrogens with zero attached hydrogens (tertiary/aromatic N) is 2. The van der Waals surface area contributed by atoms with Gasteiger partial charge in [-0.25, -0.2) is 4.98 Å². The first-order chi connectivity index (χ1) is 9.72. The van der Waals surface area contributed by atoms with Gasteiger partial charge in [-0.1, -0.05) is 30.3 Å². The maximum Gasteiger partial charge on any atom is 0.276 e. The normalized spacial score (nSPS) is 10.0. The van der Waals surface area contributed by atoms with E-state index in [0.29, 0.717) is 31.1 Å². The van der Waals surface area contributed by atoms with E-state index in [9.17, 15) is 4.79 Å². The van der Waals surface area contributed by atoms with Crippen LogP contribution >= 0.6 is 12.4 Å². The third-order valence-corrected chi connectivity index (χ3v) is 3.08. The fourth-order valence-electron chi connectivity index (χ4n) is 2.00. The van der Waals surface area contributed by atoms with E-state index in [1.54, 1.807) is 11.8 Å². The average Bonchev–Trinajstić information content (AvgIpc) is 2.90. The van der Waals surface area contributed by atoms with Crippen LogP contribution in [0.2, 0.25) is 0 Å². The molecular formula is C15H20ClN3O2. The average molecular weight is 310 g/mol. The zero-order chi connectivity index (χ0) is 14.4. The van der Waals surface area contributed by atoms with Gasteiger partial charge in [0.05, 0.1) is 0 Å². The van der Waals surface area contributed by atoms with Gasteiger partial charge in [0.25, 0.3) is 5.91 Å². The van der Waals surface area contributed by atoms with Gasteiger partial charge in [0, 0.05) is 13.1 Å². The topological polar surface area (TPSA) is 72.4 Å². The summed E-state index contributed by atoms with van der Waals surface area (Å²) in [6, 6.07) is 9.87. The summed E-state index contributed by atoms with van der Waals surface area (Å²) in [5, 5.41) is 0. The van der Waals surface area contributed by atoms with Gasteiger partial charge in [-0.2, -0.15) is 0 Å². The number of hydrogen-bond acceptors (Lipinski definition) is 4. The highest BCUT2D eigenvalue weighted by molar-refractivity contribution is 5.93. The molecule has 0 atom stereocenters. The van der Waals surface area contributed by atoms with Gasteiger partial charge < -0.3 is 15.1 Å². The lowest BCUT2D eigenvalue weighted by Gasteiger charge is -2.21. The Morgan fingerprint density at radius 1 is 1.33 bits per heavy atom. The molecule has 2 rings (SSSR count). The van der Waals surface area contributed by atoms with Crippen molar-refractivity contribution < 1.29 is 9.21 Å². The summed E-state index contributed by atoms with van der Waals surface area (Å²) >= 11 is 0. The van der Waals surface area contributed by atoms with E-state index < -0.39 is 0 Å². The number of aryl methyl sites for hydroxylation is 1. The Labute approximate surface area is 130 Å². The molecule has 2 N–H and O–H groups in total. The number of carbonyl (C=O) groups excluding carboxylic acids is 1. The highest BCUT2D eigenvalue weighted by Crippen LogP contribution is 2.12. The number of benzene rings is 1. The van der Waals surface area contributed by atoms with Crippen LogP contribution in [0.5, 0.6) is 0 Å². The quantitative estimate of drug-likeness (QED) is 0.889. The standard InChI is InChI=1S/C15H19N3O2.ClH/c1-12-14(17-11-20-12)15(19)18(9-5-8-16)10-13-6-3-2-4-7-13;/h2-4,6-7,11H,5,8-10,16H2,1H3;1H. The zero-order valence-electron chi connectivity index (χ0n) is 12.0. The number of rotatable bonds is 6. The number of carbonyl (C=O) groups is 1. The third-order valence-electron chi connectivity index (χ3n) is 3.08. The first kappa shape index (κ1) is 17.2. The van der Waals surface area contributed by atoms with Crippen LogP contribution in [0.1, 0.15) is 28.2 Å². The monoisotopic (exact) mass is 309 g/mol. The molecule has 0 aliphatic carbocycles. The smallest absolute Gasteiger partial charge is 0.276 e. The van der Waals surface area contributed by atoms with Crippen LogP contribution in [-0.4, -0.2) is 28.9 Å². The van der Waals surface area contributed by atoms with Crippen LogP contribution in [0.4, 0.5) is 0 Å². The maximum atomic E-state index is 12.5. The van der Waals surface area contributed by atoms with Gasteiger partial charge in [0.1, 0.15) is 5.76 Å². The van der Waals surface area contributed by atoms with Crippen LogP contribution in [0.15, 0.2) is 41.1 Å². The van der Waals surface area contributed by atoms with Crippen molar-refractivity contribution in [2.24, 2.45) is 5.73 Å². The van der Waals surface area contributed by atoms with Gasteiger partial charge in [-0.3, -0.25) is 4.79 Å². The second-order valence-corrected chi connectivity index (χ2v) is 4.61. The number of amides is 1. The Morgan fingerprint density at radius 3 is 2.62 bits per heavy atom. The van der Waals surface area contributed by atoms with Crippen LogP contribution in [-0.2, 0) is 6.54 Å². The molecule has 0 bridgehead atoms. The van der Waals surface area contributed by atoms with Crippen molar-refractivity contribution in [1.82, 2.24) is 9.88 Å². The van der Waals surface area contributed by atoms with Crippen LogP contribution in [0.3, 0.4) is 0 Å². The summed E-state index contributed by atoms with van der Waals surface area (Å²) in [6.07, 6.45) is 2.06. The number of halogens is 1. The van der Waals surface area contributed by atoms with Crippen molar-refractivity contribution in [3.05, 3.63) is 53.7 Å². The van der Waals surface area contributed by atoms with E-state index in [1.165, 1.54) is 6.39 Å². The van der Waals surface area contributed by atoms with Crippen LogP contribution in [0.25, 0.3) is 0 Å². The Bertz CT molecular complexity index is 557. The molecule has 0 spiro atoms. The lowest BCUT2D eigenvalue weighted by molar-refractivity contribution is 0.0735. The molecule has 0 aliphatic rings. The predicted octanol–water partition coefficient (Wildman–Crippen LogP) is 2.40. The van der Waals surface area contributed by atoms with E-state index in [-0.39, 0.29) is 18.3 Å². The summed E-state index contributed by atoms with van der Waals surface area (Å²) < 4.78 is 5.11. The molecule has 6 heteroatoms. The van der Waals surface area contributed by atoms with Crippen molar-refractivity contribution in [3.63, 3.8) is 0 Å². The summed E-state index contributed by atoms with van der Waals surface area (Å²) in [6.45, 7) is 3.45. The van der Waals surface area contributed by atoms with E-state index in [0.717, 1.165) is 12.0 Å². The van der Waals surface area contributed by atoms with Crippen LogP contribution < -0.4 is 5.73 Å². The van der Waals surface area contributed by atoms with E-state index >= 15 is 0 Å². The number of nitrogens with two attached hydrogens (primary N) is 1. The molecule has 0 saturated heterocycles. The molecule has 1 aromatic heterocycles. The highest BCUT2D eigenvalue weighted by atomic mass is 35.5. The minimum atomic E-state index is -0.117. The van der Waals surface area contributed by atoms with Crippen molar-refractivity contribution in [2.45, 2.75) is 19.9 Å². The first-order valence-electron chi connectivity index (χ1n) is 6.65. The van der Waals surface area contributed by atoms with Crippen molar-refractivity contribution in [2.75, 3.05) is 13.1 Å². The molecular weight excluding hydrogens is 290 g/mol. The molecule has 5 nitrogen and oxygen atoms in total. The van der Waals surface area contributed by atoms with E-state index in [1.807, 2.05) is 30.3 Å². The Hall–Kier alpha value is -1.85. The lowest BCUT2D eigenvalue weighted by atomic mass is 10.2. The van der Waals surface area contributed by atoms with E-state index in [2.05, 4.69) is 4.98 Å². The van der Waals surface area contributed by atoms with Crippen molar-refractivity contribution in [1.29, 1.82) is 0 Å². The number of aromatic nitrogens is 1. The number of hydrogen-bond donors (Lipinski definition) is 1. The molecule has 1 heterocycles. The fourth-order valence-corrected chi connectivity index (χ4v) is 2.00. The largest absolute Gasteiger partial charge is 0.448 e. The predicted molar refractivity (Wildman–Crippen MR) is 83.3 cm³/mol. The molecule has 114 valence electrons. The highest BCUT2D eigenvalue weighted by Gasteiger charge is 2.20. The maximum absolute atomic E-state index is 12.5. The molecule has 0 unspecified atom stereocenters. The second kappa shape index (κ2) is 8.44. The fraction of sp³-hybridized carbons (Fsp3) is 0.333. The molecule has 2 aromatic rings. The molecule has 0 fully saturated rings. The van der Waals surface area contributed by atoms with Gasteiger partial charge in [-0.05, 0) is 25.5 Å². The molecule has 21 heavy (non-hydrogen) atoms. The van der Waals surface area contributed by atoms with Crippen molar-refractivity contribution in [3.8, 4) is 0 Å². The van der Waals surface area contributed by atoms with Gasteiger partial charge in [-0.15, -0.1) is 12.4 Å². The second-order valence-electron chi connectivity index (χ2n) is 4.61. The van der Waals surface area contributed by atoms with Gasteiger partial charge >= 0.3 is 0 Å². The summed E-state index contributed by atoms with van der Waals surface area (Å²) in [5.41, 5.74) is 7.00. The van der Waals surface area contributed by atoms with Gasteiger partial charge in [0.2, 0.25) is 0 Å². The minimum absolute atomic E-state index is 0. The number of oxazole rings is 1. The summed E-state index contributed by atoms with van der Waals surface area (Å²) in [5.74, 6) is 0.425. The SMILES string of the molecule is Cc1ocnc1C(=O)N(CCCN)Cc1ccccc1.Cl. The molecule has 0 saturated carbocycles. The summed E-state index contributed by atoms with van der Waals surface area (Å²) in [4.78, 5) is 18.3. The summed E-state index contributed by atoms with van der Waals surface area (Å²) in [7, 11) is 0. The van der Waals surface area contributed by atoms with Gasteiger partial charge in [0.15, 0.2) is 12.1 Å². The zero-order valence-corrected chi connectivity index (χ0v) is 12.8. The molecule has 0 aliphatic heterocycles. The molecule has 0 radical (unpaired) electrons. The van der Waals surface area contributed by atoms with Crippen LogP contribution in [0, 0.1) is 6.92 Å².